The first-order chi connectivity index (χ1) is 12.6. The number of anilines is 1. The number of halogens is 1. The van der Waals surface area contributed by atoms with Gasteiger partial charge in [0.1, 0.15) is 16.5 Å². The van der Waals surface area contributed by atoms with E-state index in [0.29, 0.717) is 28.3 Å². The minimum atomic E-state index is -0.305. The van der Waals surface area contributed by atoms with Gasteiger partial charge in [-0.2, -0.15) is 0 Å². The van der Waals surface area contributed by atoms with E-state index in [9.17, 15) is 9.18 Å². The van der Waals surface area contributed by atoms with E-state index < -0.39 is 0 Å². The average molecular weight is 365 g/mol. The smallest absolute Gasteiger partial charge is 0.259 e. The summed E-state index contributed by atoms with van der Waals surface area (Å²) in [6, 6.07) is 18.3. The zero-order valence-electron chi connectivity index (χ0n) is 14.1. The number of fused-ring (bicyclic) bond motifs is 1. The Bertz CT molecular complexity index is 1120. The number of H-pyrrole nitrogens is 1. The van der Waals surface area contributed by atoms with Gasteiger partial charge in [0.05, 0.1) is 17.6 Å². The van der Waals surface area contributed by atoms with Crippen LogP contribution in [0.5, 0.6) is 0 Å². The molecular weight excluding hydrogens is 349 g/mol. The monoisotopic (exact) mass is 365 g/mol. The second-order valence-corrected chi connectivity index (χ2v) is 7.05. The summed E-state index contributed by atoms with van der Waals surface area (Å²) in [5, 5.41) is 0.575. The molecule has 4 nitrogen and oxygen atoms in total. The Kier molecular flexibility index (Phi) is 4.26. The van der Waals surface area contributed by atoms with Gasteiger partial charge in [0.25, 0.3) is 5.56 Å². The van der Waals surface area contributed by atoms with Crippen LogP contribution in [-0.4, -0.2) is 17.0 Å². The van der Waals surface area contributed by atoms with Gasteiger partial charge in [-0.3, -0.25) is 4.79 Å². The zero-order valence-corrected chi connectivity index (χ0v) is 14.9. The fourth-order valence-electron chi connectivity index (χ4n) is 2.87. The summed E-state index contributed by atoms with van der Waals surface area (Å²) in [5.41, 5.74) is 1.34. The molecule has 26 heavy (non-hydrogen) atoms. The fraction of sp³-hybridized carbons (Fsp3) is 0.100. The first kappa shape index (κ1) is 16.5. The van der Waals surface area contributed by atoms with E-state index in [1.165, 1.54) is 17.4 Å². The highest BCUT2D eigenvalue weighted by atomic mass is 32.1. The number of hydrogen-bond donors (Lipinski definition) is 1. The molecule has 4 rings (SSSR count). The van der Waals surface area contributed by atoms with Crippen molar-refractivity contribution in [2.45, 2.75) is 6.54 Å². The highest BCUT2D eigenvalue weighted by molar-refractivity contribution is 7.21. The van der Waals surface area contributed by atoms with Gasteiger partial charge >= 0.3 is 0 Å². The first-order valence-electron chi connectivity index (χ1n) is 8.15. The Morgan fingerprint density at radius 2 is 1.85 bits per heavy atom. The van der Waals surface area contributed by atoms with E-state index in [2.05, 4.69) is 9.97 Å². The molecule has 0 aliphatic rings. The second-order valence-electron chi connectivity index (χ2n) is 6.02. The SMILES string of the molecule is CN(Cc1nc2sc(-c3ccccc3)cc2c(=O)[nH]1)c1ccccc1F. The standard InChI is InChI=1S/C20H16FN3OS/c1-24(16-10-6-5-9-15(16)21)12-18-22-19(25)14-11-17(26-20(14)23-18)13-7-3-2-4-8-13/h2-11H,12H2,1H3,(H,22,23,25). The summed E-state index contributed by atoms with van der Waals surface area (Å²) >= 11 is 1.48. The summed E-state index contributed by atoms with van der Waals surface area (Å²) in [4.78, 5) is 23.2. The lowest BCUT2D eigenvalue weighted by Crippen LogP contribution is -2.22. The number of para-hydroxylation sites is 1. The molecule has 0 saturated carbocycles. The Morgan fingerprint density at radius 3 is 2.62 bits per heavy atom. The molecule has 0 radical (unpaired) electrons. The van der Waals surface area contributed by atoms with E-state index >= 15 is 0 Å². The number of thiophene rings is 1. The van der Waals surface area contributed by atoms with Crippen LogP contribution in [0.25, 0.3) is 20.7 Å². The number of nitrogens with zero attached hydrogens (tertiary/aromatic N) is 2. The van der Waals surface area contributed by atoms with Crippen molar-refractivity contribution in [2.24, 2.45) is 0 Å². The van der Waals surface area contributed by atoms with Crippen LogP contribution in [0.3, 0.4) is 0 Å². The largest absolute Gasteiger partial charge is 0.365 e. The van der Waals surface area contributed by atoms with Crippen molar-refractivity contribution in [1.82, 2.24) is 9.97 Å². The third-order valence-corrected chi connectivity index (χ3v) is 5.24. The summed E-state index contributed by atoms with van der Waals surface area (Å²) in [5.74, 6) is 0.204. The number of aromatic nitrogens is 2. The third-order valence-electron chi connectivity index (χ3n) is 4.16. The summed E-state index contributed by atoms with van der Waals surface area (Å²) < 4.78 is 13.9. The average Bonchev–Trinajstić information content (AvgIpc) is 3.07. The van der Waals surface area contributed by atoms with E-state index in [-0.39, 0.29) is 11.4 Å². The molecule has 6 heteroatoms. The molecule has 0 unspecified atom stereocenters. The van der Waals surface area contributed by atoms with Crippen LogP contribution in [0.4, 0.5) is 10.1 Å². The molecule has 1 N–H and O–H groups in total. The fourth-order valence-corrected chi connectivity index (χ4v) is 3.92. The van der Waals surface area contributed by atoms with Crippen LogP contribution in [-0.2, 0) is 6.54 Å². The third kappa shape index (κ3) is 3.11. The van der Waals surface area contributed by atoms with Crippen molar-refractivity contribution in [1.29, 1.82) is 0 Å². The van der Waals surface area contributed by atoms with Gasteiger partial charge in [-0.15, -0.1) is 11.3 Å². The summed E-state index contributed by atoms with van der Waals surface area (Å²) in [7, 11) is 1.77. The molecule has 4 aromatic rings. The van der Waals surface area contributed by atoms with Crippen LogP contribution in [0, 0.1) is 5.82 Å². The van der Waals surface area contributed by atoms with Gasteiger partial charge in [0.2, 0.25) is 0 Å². The maximum Gasteiger partial charge on any atom is 0.259 e. The molecule has 0 atom stereocenters. The van der Waals surface area contributed by atoms with Crippen molar-refractivity contribution < 1.29 is 4.39 Å². The predicted octanol–water partition coefficient (Wildman–Crippen LogP) is 4.43. The lowest BCUT2D eigenvalue weighted by atomic mass is 10.2. The minimum Gasteiger partial charge on any atom is -0.365 e. The lowest BCUT2D eigenvalue weighted by Gasteiger charge is -2.19. The zero-order chi connectivity index (χ0) is 18.1. The van der Waals surface area contributed by atoms with E-state index in [4.69, 9.17) is 0 Å². The lowest BCUT2D eigenvalue weighted by molar-refractivity contribution is 0.621. The molecule has 2 aromatic carbocycles. The van der Waals surface area contributed by atoms with E-state index in [0.717, 1.165) is 10.4 Å². The quantitative estimate of drug-likeness (QED) is 0.582. The first-order valence-corrected chi connectivity index (χ1v) is 8.97. The number of rotatable bonds is 4. The maximum atomic E-state index is 13.9. The van der Waals surface area contributed by atoms with Gasteiger partial charge < -0.3 is 9.88 Å². The van der Waals surface area contributed by atoms with Crippen LogP contribution >= 0.6 is 11.3 Å². The van der Waals surface area contributed by atoms with E-state index in [1.54, 1.807) is 30.1 Å². The van der Waals surface area contributed by atoms with Crippen molar-refractivity contribution in [3.05, 3.63) is 82.7 Å². The number of aromatic amines is 1. The van der Waals surface area contributed by atoms with E-state index in [1.807, 2.05) is 36.4 Å². The molecule has 130 valence electrons. The van der Waals surface area contributed by atoms with Crippen LogP contribution in [0.2, 0.25) is 0 Å². The molecular formula is C20H16FN3OS. The number of hydrogen-bond acceptors (Lipinski definition) is 4. The Hall–Kier alpha value is -2.99. The number of benzene rings is 2. The molecule has 2 aromatic heterocycles. The Balaban J connectivity index is 1.69. The highest BCUT2D eigenvalue weighted by Gasteiger charge is 2.13. The van der Waals surface area contributed by atoms with Crippen molar-refractivity contribution >= 4 is 27.2 Å². The van der Waals surface area contributed by atoms with Crippen LogP contribution < -0.4 is 10.5 Å². The van der Waals surface area contributed by atoms with Crippen molar-refractivity contribution in [3.63, 3.8) is 0 Å². The molecule has 0 amide bonds. The predicted molar refractivity (Wildman–Crippen MR) is 104 cm³/mol. The van der Waals surface area contributed by atoms with Crippen LogP contribution in [0.1, 0.15) is 5.82 Å². The van der Waals surface area contributed by atoms with Gasteiger partial charge in [-0.1, -0.05) is 42.5 Å². The van der Waals surface area contributed by atoms with Crippen LogP contribution in [0.15, 0.2) is 65.5 Å². The molecule has 0 spiro atoms. The normalized spacial score (nSPS) is 11.0. The Morgan fingerprint density at radius 1 is 1.12 bits per heavy atom. The second kappa shape index (κ2) is 6.72. The van der Waals surface area contributed by atoms with Gasteiger partial charge in [0, 0.05) is 11.9 Å². The minimum absolute atomic E-state index is 0.176. The number of nitrogens with one attached hydrogen (secondary N) is 1. The molecule has 0 saturated heterocycles. The van der Waals surface area contributed by atoms with Crippen molar-refractivity contribution in [2.75, 3.05) is 11.9 Å². The molecule has 2 heterocycles. The maximum absolute atomic E-state index is 13.9. The topological polar surface area (TPSA) is 49.0 Å². The molecule has 0 aliphatic heterocycles. The molecule has 0 aliphatic carbocycles. The summed E-state index contributed by atoms with van der Waals surface area (Å²) in [6.07, 6.45) is 0. The highest BCUT2D eigenvalue weighted by Crippen LogP contribution is 2.30. The van der Waals surface area contributed by atoms with Gasteiger partial charge in [0.15, 0.2) is 0 Å². The Labute approximate surface area is 153 Å². The summed E-state index contributed by atoms with van der Waals surface area (Å²) in [6.45, 7) is 0.310. The van der Waals surface area contributed by atoms with Crippen molar-refractivity contribution in [3.8, 4) is 10.4 Å². The van der Waals surface area contributed by atoms with Gasteiger partial charge in [-0.05, 0) is 23.8 Å². The molecule has 0 fully saturated rings. The van der Waals surface area contributed by atoms with Gasteiger partial charge in [-0.25, -0.2) is 9.37 Å². The molecule has 0 bridgehead atoms.